The molecule has 0 amide bonds. The van der Waals surface area contributed by atoms with Crippen LogP contribution in [0.3, 0.4) is 0 Å². The Balaban J connectivity index is 0.000000253. The first-order chi connectivity index (χ1) is 10.7. The highest BCUT2D eigenvalue weighted by Crippen LogP contribution is 2.26. The summed E-state index contributed by atoms with van der Waals surface area (Å²) in [4.78, 5) is 0. The van der Waals surface area contributed by atoms with E-state index in [2.05, 4.69) is 26.8 Å². The first kappa shape index (κ1) is 19.6. The van der Waals surface area contributed by atoms with Crippen molar-refractivity contribution in [2.45, 2.75) is 5.51 Å². The summed E-state index contributed by atoms with van der Waals surface area (Å²) >= 11 is 2.26. The molecule has 126 valence electrons. The molecule has 0 N–H and O–H groups in total. The Morgan fingerprint density at radius 1 is 0.913 bits per heavy atom. The van der Waals surface area contributed by atoms with Crippen molar-refractivity contribution in [2.24, 2.45) is 0 Å². The van der Waals surface area contributed by atoms with Crippen LogP contribution in [0.1, 0.15) is 0 Å². The molecule has 0 spiro atoms. The summed E-state index contributed by atoms with van der Waals surface area (Å²) in [6.45, 7) is 0. The number of hydrogen-bond acceptors (Lipinski definition) is 4. The van der Waals surface area contributed by atoms with Crippen molar-refractivity contribution in [3.05, 3.63) is 58.2 Å². The van der Waals surface area contributed by atoms with Gasteiger partial charge >= 0.3 is 15.6 Å². The van der Waals surface area contributed by atoms with E-state index in [1.165, 1.54) is 21.8 Å². The molecule has 0 saturated carbocycles. The fourth-order valence-corrected chi connectivity index (χ4v) is 2.04. The molecule has 0 aromatic heterocycles. The van der Waals surface area contributed by atoms with Gasteiger partial charge in [0.25, 0.3) is 0 Å². The molecule has 0 bridgehead atoms. The van der Waals surface area contributed by atoms with Gasteiger partial charge in [0.1, 0.15) is 11.5 Å². The van der Waals surface area contributed by atoms with Gasteiger partial charge in [-0.25, -0.2) is 0 Å². The lowest BCUT2D eigenvalue weighted by molar-refractivity contribution is -0.0500. The third-order valence-corrected chi connectivity index (χ3v) is 3.98. The quantitative estimate of drug-likeness (QED) is 0.391. The van der Waals surface area contributed by atoms with Crippen molar-refractivity contribution in [3.8, 4) is 11.5 Å². The molecular formula is C14H12F3IO4S. The van der Waals surface area contributed by atoms with Crippen LogP contribution in [0.15, 0.2) is 54.6 Å². The molecule has 0 atom stereocenters. The Hall–Kier alpha value is -1.49. The maximum Gasteiger partial charge on any atom is 0.534 e. The lowest BCUT2D eigenvalue weighted by Crippen LogP contribution is -2.27. The molecule has 0 aliphatic carbocycles. The van der Waals surface area contributed by atoms with Crippen LogP contribution < -0.4 is 8.92 Å². The van der Waals surface area contributed by atoms with E-state index in [4.69, 9.17) is 4.74 Å². The smallest absolute Gasteiger partial charge is 0.497 e. The van der Waals surface area contributed by atoms with E-state index in [9.17, 15) is 21.6 Å². The van der Waals surface area contributed by atoms with Gasteiger partial charge in [-0.05, 0) is 59.0 Å². The number of ether oxygens (including phenoxy) is 1. The second-order valence-electron chi connectivity index (χ2n) is 3.95. The van der Waals surface area contributed by atoms with Crippen LogP contribution in [0.4, 0.5) is 13.2 Å². The highest BCUT2D eigenvalue weighted by Gasteiger charge is 2.48. The molecule has 0 saturated heterocycles. The van der Waals surface area contributed by atoms with Gasteiger partial charge in [0.05, 0.1) is 7.11 Å². The topological polar surface area (TPSA) is 52.6 Å². The Bertz CT molecular complexity index is 701. The van der Waals surface area contributed by atoms with Gasteiger partial charge in [0.15, 0.2) is 0 Å². The van der Waals surface area contributed by atoms with E-state index in [-0.39, 0.29) is 5.75 Å². The second-order valence-corrected chi connectivity index (χ2v) is 6.74. The average Bonchev–Trinajstić information content (AvgIpc) is 2.48. The summed E-state index contributed by atoms with van der Waals surface area (Å²) in [5.41, 5.74) is -5.40. The van der Waals surface area contributed by atoms with Crippen molar-refractivity contribution in [3.63, 3.8) is 0 Å². The van der Waals surface area contributed by atoms with Crippen LogP contribution in [-0.4, -0.2) is 21.0 Å². The summed E-state index contributed by atoms with van der Waals surface area (Å²) in [5, 5.41) is 0. The molecule has 2 aromatic rings. The first-order valence-electron chi connectivity index (χ1n) is 6.01. The fraction of sp³-hybridized carbons (Fsp3) is 0.143. The Kier molecular flexibility index (Phi) is 7.13. The molecule has 23 heavy (non-hydrogen) atoms. The summed E-state index contributed by atoms with van der Waals surface area (Å²) in [6.07, 6.45) is 0. The van der Waals surface area contributed by atoms with Gasteiger partial charge in [-0.15, -0.1) is 0 Å². The monoisotopic (exact) mass is 460 g/mol. The average molecular weight is 460 g/mol. The zero-order chi connectivity index (χ0) is 17.5. The van der Waals surface area contributed by atoms with Crippen molar-refractivity contribution < 1.29 is 30.5 Å². The van der Waals surface area contributed by atoms with Gasteiger partial charge in [-0.1, -0.05) is 18.2 Å². The van der Waals surface area contributed by atoms with E-state index < -0.39 is 15.6 Å². The highest BCUT2D eigenvalue weighted by molar-refractivity contribution is 14.1. The SMILES string of the molecule is COc1ccc(I)cc1.O=S(=O)(Oc1ccccc1)C(F)(F)F. The van der Waals surface area contributed by atoms with Crippen molar-refractivity contribution in [2.75, 3.05) is 7.11 Å². The van der Waals surface area contributed by atoms with E-state index in [0.717, 1.165) is 17.9 Å². The molecule has 0 radical (unpaired) electrons. The molecule has 2 aromatic carbocycles. The lowest BCUT2D eigenvalue weighted by atomic mass is 10.3. The minimum Gasteiger partial charge on any atom is -0.497 e. The fourth-order valence-electron chi connectivity index (χ4n) is 1.22. The predicted molar refractivity (Wildman–Crippen MR) is 87.8 cm³/mol. The van der Waals surface area contributed by atoms with Crippen LogP contribution in [0.5, 0.6) is 11.5 Å². The van der Waals surface area contributed by atoms with E-state index in [1.807, 2.05) is 24.3 Å². The minimum absolute atomic E-state index is 0.371. The summed E-state index contributed by atoms with van der Waals surface area (Å²) in [5.74, 6) is 0.542. The zero-order valence-corrected chi connectivity index (χ0v) is 14.7. The van der Waals surface area contributed by atoms with Gasteiger partial charge in [-0.3, -0.25) is 0 Å². The first-order valence-corrected chi connectivity index (χ1v) is 8.50. The van der Waals surface area contributed by atoms with Crippen molar-refractivity contribution in [1.29, 1.82) is 0 Å². The van der Waals surface area contributed by atoms with Crippen LogP contribution in [0.2, 0.25) is 0 Å². The number of rotatable bonds is 3. The third kappa shape index (κ3) is 6.65. The normalized spacial score (nSPS) is 11.2. The number of methoxy groups -OCH3 is 1. The van der Waals surface area contributed by atoms with Gasteiger partial charge < -0.3 is 8.92 Å². The Morgan fingerprint density at radius 3 is 1.87 bits per heavy atom. The highest BCUT2D eigenvalue weighted by atomic mass is 127. The van der Waals surface area contributed by atoms with E-state index in [0.29, 0.717) is 0 Å². The summed E-state index contributed by atoms with van der Waals surface area (Å²) < 4.78 is 66.4. The molecule has 0 aliphatic rings. The van der Waals surface area contributed by atoms with Crippen LogP contribution in [-0.2, 0) is 10.1 Å². The lowest BCUT2D eigenvalue weighted by Gasteiger charge is -2.08. The summed E-state index contributed by atoms with van der Waals surface area (Å²) in [6, 6.07) is 14.4. The number of benzene rings is 2. The van der Waals surface area contributed by atoms with Crippen molar-refractivity contribution >= 4 is 32.7 Å². The second kappa shape index (κ2) is 8.39. The Morgan fingerprint density at radius 2 is 1.43 bits per heavy atom. The number of para-hydroxylation sites is 1. The molecular weight excluding hydrogens is 448 g/mol. The third-order valence-electron chi connectivity index (χ3n) is 2.28. The molecule has 0 aliphatic heterocycles. The number of alkyl halides is 3. The number of halogens is 4. The molecule has 0 heterocycles. The van der Waals surface area contributed by atoms with Gasteiger partial charge in [0.2, 0.25) is 0 Å². The van der Waals surface area contributed by atoms with Crippen LogP contribution in [0.25, 0.3) is 0 Å². The van der Waals surface area contributed by atoms with Crippen molar-refractivity contribution in [1.82, 2.24) is 0 Å². The molecule has 2 rings (SSSR count). The molecule has 0 unspecified atom stereocenters. The van der Waals surface area contributed by atoms with Gasteiger partial charge in [-0.2, -0.15) is 21.6 Å². The molecule has 4 nitrogen and oxygen atoms in total. The summed E-state index contributed by atoms with van der Waals surface area (Å²) in [7, 11) is -3.88. The number of hydrogen-bond donors (Lipinski definition) is 0. The van der Waals surface area contributed by atoms with Gasteiger partial charge in [0, 0.05) is 3.57 Å². The Labute approximate surface area is 145 Å². The van der Waals surface area contributed by atoms with E-state index >= 15 is 0 Å². The molecule has 9 heteroatoms. The molecule has 0 fully saturated rings. The van der Waals surface area contributed by atoms with Crippen LogP contribution in [0, 0.1) is 3.57 Å². The predicted octanol–water partition coefficient (Wildman–Crippen LogP) is 4.21. The minimum atomic E-state index is -5.55. The maximum absolute atomic E-state index is 11.8. The van der Waals surface area contributed by atoms with Crippen LogP contribution >= 0.6 is 22.6 Å². The van der Waals surface area contributed by atoms with E-state index in [1.54, 1.807) is 7.11 Å². The maximum atomic E-state index is 11.8. The largest absolute Gasteiger partial charge is 0.534 e. The standard InChI is InChI=1S/C7H5F3O3S.C7H7IO/c8-7(9,10)14(11,12)13-6-4-2-1-3-5-6;1-9-7-4-2-6(8)3-5-7/h1-5H;2-5H,1H3. The zero-order valence-electron chi connectivity index (χ0n) is 11.7.